The average Bonchev–Trinajstić information content (AvgIpc) is 2.86. The second kappa shape index (κ2) is 11.0. The number of benzene rings is 2. The van der Waals surface area contributed by atoms with Gasteiger partial charge >= 0.3 is 0 Å². The van der Waals surface area contributed by atoms with E-state index in [2.05, 4.69) is 51.4 Å². The van der Waals surface area contributed by atoms with Gasteiger partial charge in [0.15, 0.2) is 5.82 Å². The van der Waals surface area contributed by atoms with Crippen LogP contribution in [0.3, 0.4) is 0 Å². The van der Waals surface area contributed by atoms with Crippen molar-refractivity contribution >= 4 is 40.8 Å². The van der Waals surface area contributed by atoms with E-state index in [4.69, 9.17) is 21.1 Å². The van der Waals surface area contributed by atoms with Crippen molar-refractivity contribution in [3.05, 3.63) is 59.4 Å². The van der Waals surface area contributed by atoms with Crippen molar-refractivity contribution in [1.82, 2.24) is 9.97 Å². The van der Waals surface area contributed by atoms with Gasteiger partial charge in [-0.1, -0.05) is 41.1 Å². The van der Waals surface area contributed by atoms with Gasteiger partial charge in [0.25, 0.3) is 0 Å². The maximum Gasteiger partial charge on any atom is 0.229 e. The fourth-order valence-electron chi connectivity index (χ4n) is 3.90. The summed E-state index contributed by atoms with van der Waals surface area (Å²) < 4.78 is 10.7. The van der Waals surface area contributed by atoms with E-state index in [1.807, 2.05) is 0 Å². The molecule has 0 unspecified atom stereocenters. The van der Waals surface area contributed by atoms with Crippen molar-refractivity contribution in [3.63, 3.8) is 0 Å². The maximum atomic E-state index is 13.2. The molecule has 1 N–H and O–H groups in total. The van der Waals surface area contributed by atoms with Crippen LogP contribution in [-0.2, 0) is 4.79 Å². The van der Waals surface area contributed by atoms with Crippen LogP contribution in [0.1, 0.15) is 18.4 Å². The van der Waals surface area contributed by atoms with Gasteiger partial charge < -0.3 is 19.7 Å². The molecular formula is C25H27ClN4O3S. The van der Waals surface area contributed by atoms with E-state index in [0.717, 1.165) is 35.1 Å². The number of halogens is 1. The van der Waals surface area contributed by atoms with Crippen molar-refractivity contribution in [2.75, 3.05) is 37.5 Å². The molecule has 7 nitrogen and oxygen atoms in total. The minimum absolute atomic E-state index is 0.0825. The number of anilines is 2. The van der Waals surface area contributed by atoms with Crippen LogP contribution >= 0.6 is 23.4 Å². The number of hydrogen-bond donors (Lipinski definition) is 1. The molecule has 178 valence electrons. The first-order chi connectivity index (χ1) is 16.5. The maximum absolute atomic E-state index is 13.2. The molecule has 34 heavy (non-hydrogen) atoms. The van der Waals surface area contributed by atoms with E-state index in [1.165, 1.54) is 12.7 Å². The Morgan fingerprint density at radius 2 is 1.85 bits per heavy atom. The topological polar surface area (TPSA) is 76.6 Å². The predicted octanol–water partition coefficient (Wildman–Crippen LogP) is 5.46. The van der Waals surface area contributed by atoms with E-state index >= 15 is 0 Å². The lowest BCUT2D eigenvalue weighted by atomic mass is 9.97. The number of aryl methyl sites for hydroxylation is 1. The molecule has 0 spiro atoms. The standard InChI is InChI=1S/C25H27ClN4O3S/c1-16-6-8-18(9-7-16)34-25-23(27-10-11-28-25)30-12-4-5-17(15-30)24(31)29-20-13-19(26)21(32-2)14-22(20)33-3/h6-11,13-14,17H,4-5,12,15H2,1-3H3,(H,29,31)/t17-/m0/s1. The van der Waals surface area contributed by atoms with Crippen molar-refractivity contribution < 1.29 is 14.3 Å². The number of carbonyl (C=O) groups is 1. The molecule has 0 aliphatic carbocycles. The molecule has 0 bridgehead atoms. The van der Waals surface area contributed by atoms with Gasteiger partial charge in [-0.3, -0.25) is 4.79 Å². The summed E-state index contributed by atoms with van der Waals surface area (Å²) in [4.78, 5) is 25.6. The zero-order valence-corrected chi connectivity index (χ0v) is 20.9. The van der Waals surface area contributed by atoms with Crippen LogP contribution < -0.4 is 19.7 Å². The third-order valence-corrected chi connectivity index (χ3v) is 6.99. The van der Waals surface area contributed by atoms with Crippen LogP contribution in [0.15, 0.2) is 58.7 Å². The smallest absolute Gasteiger partial charge is 0.229 e. The minimum atomic E-state index is -0.210. The number of hydrogen-bond acceptors (Lipinski definition) is 7. The van der Waals surface area contributed by atoms with Gasteiger partial charge in [0, 0.05) is 36.4 Å². The fourth-order valence-corrected chi connectivity index (χ4v) is 5.02. The third-order valence-electron chi connectivity index (χ3n) is 5.71. The quantitative estimate of drug-likeness (QED) is 0.463. The van der Waals surface area contributed by atoms with Crippen LogP contribution in [0.5, 0.6) is 11.5 Å². The van der Waals surface area contributed by atoms with Gasteiger partial charge in [-0.15, -0.1) is 0 Å². The molecule has 0 radical (unpaired) electrons. The number of carbonyl (C=O) groups excluding carboxylic acids is 1. The van der Waals surface area contributed by atoms with Gasteiger partial charge in [0.2, 0.25) is 5.91 Å². The summed E-state index contributed by atoms with van der Waals surface area (Å²) in [5.74, 6) is 1.49. The van der Waals surface area contributed by atoms with Crippen molar-refractivity contribution in [2.24, 2.45) is 5.92 Å². The number of amides is 1. The largest absolute Gasteiger partial charge is 0.495 e. The van der Waals surface area contributed by atoms with E-state index in [-0.39, 0.29) is 11.8 Å². The lowest BCUT2D eigenvalue weighted by molar-refractivity contribution is -0.120. The zero-order valence-electron chi connectivity index (χ0n) is 19.4. The van der Waals surface area contributed by atoms with Gasteiger partial charge in [-0.2, -0.15) is 0 Å². The van der Waals surface area contributed by atoms with E-state index in [1.54, 1.807) is 43.4 Å². The number of nitrogens with zero attached hydrogens (tertiary/aromatic N) is 3. The van der Waals surface area contributed by atoms with E-state index in [9.17, 15) is 4.79 Å². The molecule has 1 atom stereocenters. The lowest BCUT2D eigenvalue weighted by Gasteiger charge is -2.33. The summed E-state index contributed by atoms with van der Waals surface area (Å²) in [5, 5.41) is 4.22. The Hall–Kier alpha value is -2.97. The molecule has 1 saturated heterocycles. The Bertz CT molecular complexity index is 1160. The third kappa shape index (κ3) is 5.56. The molecule has 4 rings (SSSR count). The molecule has 1 fully saturated rings. The first-order valence-electron chi connectivity index (χ1n) is 11.0. The Balaban J connectivity index is 1.49. The summed E-state index contributed by atoms with van der Waals surface area (Å²) in [5.41, 5.74) is 1.73. The molecule has 1 aromatic heterocycles. The Labute approximate surface area is 208 Å². The van der Waals surface area contributed by atoms with Crippen LogP contribution in [0, 0.1) is 12.8 Å². The van der Waals surface area contributed by atoms with Crippen LogP contribution in [0.25, 0.3) is 0 Å². The van der Waals surface area contributed by atoms with Gasteiger partial charge in [0.05, 0.1) is 30.8 Å². The van der Waals surface area contributed by atoms with E-state index < -0.39 is 0 Å². The van der Waals surface area contributed by atoms with Gasteiger partial charge in [-0.05, 0) is 38.0 Å². The predicted molar refractivity (Wildman–Crippen MR) is 135 cm³/mol. The Morgan fingerprint density at radius 3 is 2.59 bits per heavy atom. The van der Waals surface area contributed by atoms with Crippen molar-refractivity contribution in [1.29, 1.82) is 0 Å². The highest BCUT2D eigenvalue weighted by Crippen LogP contribution is 2.37. The first-order valence-corrected chi connectivity index (χ1v) is 12.2. The number of ether oxygens (including phenoxy) is 2. The van der Waals surface area contributed by atoms with Crippen molar-refractivity contribution in [3.8, 4) is 11.5 Å². The number of rotatable bonds is 7. The molecule has 0 saturated carbocycles. The minimum Gasteiger partial charge on any atom is -0.495 e. The zero-order chi connectivity index (χ0) is 24.1. The SMILES string of the molecule is COc1cc(OC)c(NC(=O)[C@H]2CCCN(c3nccnc3Sc3ccc(C)cc3)C2)cc1Cl. The summed E-state index contributed by atoms with van der Waals surface area (Å²) >= 11 is 7.85. The number of piperidine rings is 1. The summed E-state index contributed by atoms with van der Waals surface area (Å²) in [6.07, 6.45) is 5.06. The second-order valence-corrected chi connectivity index (χ2v) is 9.53. The number of nitrogens with one attached hydrogen (secondary N) is 1. The molecular weight excluding hydrogens is 472 g/mol. The molecule has 2 aromatic carbocycles. The average molecular weight is 499 g/mol. The molecule has 1 aliphatic rings. The number of aromatic nitrogens is 2. The lowest BCUT2D eigenvalue weighted by Crippen LogP contribution is -2.41. The Kier molecular flexibility index (Phi) is 7.80. The molecule has 9 heteroatoms. The van der Waals surface area contributed by atoms with Crippen molar-refractivity contribution in [2.45, 2.75) is 29.7 Å². The summed E-state index contributed by atoms with van der Waals surface area (Å²) in [6.45, 7) is 3.44. The molecule has 1 amide bonds. The second-order valence-electron chi connectivity index (χ2n) is 8.06. The van der Waals surface area contributed by atoms with E-state index in [0.29, 0.717) is 28.8 Å². The van der Waals surface area contributed by atoms with Crippen LogP contribution in [0.2, 0.25) is 5.02 Å². The number of methoxy groups -OCH3 is 2. The normalized spacial score (nSPS) is 15.6. The highest BCUT2D eigenvalue weighted by molar-refractivity contribution is 7.99. The molecule has 2 heterocycles. The van der Waals surface area contributed by atoms with Crippen LogP contribution in [-0.4, -0.2) is 43.2 Å². The monoisotopic (exact) mass is 498 g/mol. The summed E-state index contributed by atoms with van der Waals surface area (Å²) in [6, 6.07) is 11.6. The first kappa shape index (κ1) is 24.2. The highest BCUT2D eigenvalue weighted by Gasteiger charge is 2.29. The van der Waals surface area contributed by atoms with Gasteiger partial charge in [-0.25, -0.2) is 9.97 Å². The molecule has 3 aromatic rings. The Morgan fingerprint density at radius 1 is 1.12 bits per heavy atom. The van der Waals surface area contributed by atoms with Crippen LogP contribution in [0.4, 0.5) is 11.5 Å². The fraction of sp³-hybridized carbons (Fsp3) is 0.320. The summed E-state index contributed by atoms with van der Waals surface area (Å²) in [7, 11) is 3.08. The van der Waals surface area contributed by atoms with Gasteiger partial charge in [0.1, 0.15) is 16.5 Å². The highest BCUT2D eigenvalue weighted by atomic mass is 35.5. The molecule has 1 aliphatic heterocycles.